The summed E-state index contributed by atoms with van der Waals surface area (Å²) in [7, 11) is 1.91. The number of hydrogen-bond acceptors (Lipinski definition) is 7. The number of nitrogens with zero attached hydrogens (tertiary/aromatic N) is 5. The van der Waals surface area contributed by atoms with Crippen molar-refractivity contribution in [2.45, 2.75) is 26.9 Å². The Morgan fingerprint density at radius 2 is 2.29 bits per heavy atom. The molecule has 0 spiro atoms. The van der Waals surface area contributed by atoms with Crippen LogP contribution >= 0.6 is 11.3 Å². The monoisotopic (exact) mass is 309 g/mol. The summed E-state index contributed by atoms with van der Waals surface area (Å²) in [5.41, 5.74) is 5.82. The lowest BCUT2D eigenvalue weighted by atomic mass is 10.4. The molecule has 9 heteroatoms. The van der Waals surface area contributed by atoms with E-state index in [1.807, 2.05) is 30.4 Å². The highest BCUT2D eigenvalue weighted by Crippen LogP contribution is 2.27. The van der Waals surface area contributed by atoms with Gasteiger partial charge < -0.3 is 20.5 Å². The van der Waals surface area contributed by atoms with E-state index in [2.05, 4.69) is 20.5 Å². The molecule has 0 aromatic carbocycles. The zero-order valence-electron chi connectivity index (χ0n) is 12.3. The lowest BCUT2D eigenvalue weighted by Crippen LogP contribution is -2.24. The van der Waals surface area contributed by atoms with E-state index in [1.54, 1.807) is 6.33 Å². The summed E-state index contributed by atoms with van der Waals surface area (Å²) in [5.74, 6) is 0.719. The maximum atomic E-state index is 12.2. The SMILES string of the molecule is CCN(C)c1nc(N)c(C(=O)NCc2nncn2CC)s1. The summed E-state index contributed by atoms with van der Waals surface area (Å²) < 4.78 is 1.87. The maximum Gasteiger partial charge on any atom is 0.265 e. The van der Waals surface area contributed by atoms with Crippen molar-refractivity contribution in [3.05, 3.63) is 17.0 Å². The van der Waals surface area contributed by atoms with Gasteiger partial charge >= 0.3 is 0 Å². The van der Waals surface area contributed by atoms with Gasteiger partial charge in [0.1, 0.15) is 17.0 Å². The minimum atomic E-state index is -0.244. The van der Waals surface area contributed by atoms with E-state index in [9.17, 15) is 4.79 Å². The quantitative estimate of drug-likeness (QED) is 0.815. The van der Waals surface area contributed by atoms with Gasteiger partial charge in [0.2, 0.25) is 0 Å². The van der Waals surface area contributed by atoms with Gasteiger partial charge in [-0.2, -0.15) is 0 Å². The van der Waals surface area contributed by atoms with Crippen molar-refractivity contribution < 1.29 is 4.79 Å². The number of nitrogen functional groups attached to an aromatic ring is 1. The Hall–Kier alpha value is -2.16. The molecular weight excluding hydrogens is 290 g/mol. The molecule has 8 nitrogen and oxygen atoms in total. The third-order valence-electron chi connectivity index (χ3n) is 3.09. The van der Waals surface area contributed by atoms with Crippen LogP contribution < -0.4 is 16.0 Å². The predicted molar refractivity (Wildman–Crippen MR) is 82.3 cm³/mol. The Bertz CT molecular complexity index is 621. The molecule has 0 atom stereocenters. The number of aryl methyl sites for hydroxylation is 1. The van der Waals surface area contributed by atoms with Gasteiger partial charge in [0.15, 0.2) is 11.0 Å². The van der Waals surface area contributed by atoms with Crippen LogP contribution in [0.4, 0.5) is 10.9 Å². The van der Waals surface area contributed by atoms with E-state index in [0.29, 0.717) is 17.2 Å². The van der Waals surface area contributed by atoms with Crippen LogP contribution in [-0.2, 0) is 13.1 Å². The molecule has 2 rings (SSSR count). The fourth-order valence-electron chi connectivity index (χ4n) is 1.70. The summed E-state index contributed by atoms with van der Waals surface area (Å²) >= 11 is 1.28. The first-order valence-electron chi connectivity index (χ1n) is 6.69. The highest BCUT2D eigenvalue weighted by molar-refractivity contribution is 7.18. The second-order valence-corrected chi connectivity index (χ2v) is 5.42. The number of amides is 1. The summed E-state index contributed by atoms with van der Waals surface area (Å²) in [6.45, 7) is 5.86. The molecule has 2 heterocycles. The molecule has 0 aliphatic rings. The van der Waals surface area contributed by atoms with Gasteiger partial charge in [-0.05, 0) is 13.8 Å². The number of carbonyl (C=O) groups is 1. The van der Waals surface area contributed by atoms with Gasteiger partial charge in [0.25, 0.3) is 5.91 Å². The molecular formula is C12H19N7OS. The average molecular weight is 309 g/mol. The number of nitrogens with two attached hydrogens (primary N) is 1. The fourth-order valence-corrected chi connectivity index (χ4v) is 2.63. The van der Waals surface area contributed by atoms with Crippen molar-refractivity contribution in [3.8, 4) is 0 Å². The van der Waals surface area contributed by atoms with Crippen molar-refractivity contribution >= 4 is 28.2 Å². The number of anilines is 2. The minimum absolute atomic E-state index is 0.244. The number of thiazole rings is 1. The van der Waals surface area contributed by atoms with Gasteiger partial charge in [0, 0.05) is 20.1 Å². The number of carbonyl (C=O) groups excluding carboxylic acids is 1. The smallest absolute Gasteiger partial charge is 0.265 e. The van der Waals surface area contributed by atoms with Crippen molar-refractivity contribution in [2.75, 3.05) is 24.2 Å². The Morgan fingerprint density at radius 1 is 1.52 bits per heavy atom. The van der Waals surface area contributed by atoms with Crippen LogP contribution in [0.15, 0.2) is 6.33 Å². The second-order valence-electron chi connectivity index (χ2n) is 4.44. The van der Waals surface area contributed by atoms with Crippen LogP contribution in [0.2, 0.25) is 0 Å². The normalized spacial score (nSPS) is 10.6. The molecule has 2 aromatic heterocycles. The zero-order valence-corrected chi connectivity index (χ0v) is 13.1. The first kappa shape index (κ1) is 15.2. The topological polar surface area (TPSA) is 102 Å². The number of rotatable bonds is 6. The summed E-state index contributed by atoms with van der Waals surface area (Å²) in [4.78, 5) is 18.8. The Morgan fingerprint density at radius 3 is 2.95 bits per heavy atom. The molecule has 0 fully saturated rings. The van der Waals surface area contributed by atoms with Gasteiger partial charge in [-0.1, -0.05) is 11.3 Å². The Labute approximate surface area is 127 Å². The summed E-state index contributed by atoms with van der Waals surface area (Å²) in [6.07, 6.45) is 1.64. The van der Waals surface area contributed by atoms with E-state index < -0.39 is 0 Å². The van der Waals surface area contributed by atoms with Gasteiger partial charge in [-0.15, -0.1) is 10.2 Å². The molecule has 0 saturated carbocycles. The van der Waals surface area contributed by atoms with E-state index in [4.69, 9.17) is 5.73 Å². The van der Waals surface area contributed by atoms with Crippen LogP contribution in [0.1, 0.15) is 29.3 Å². The van der Waals surface area contributed by atoms with Crippen molar-refractivity contribution in [1.29, 1.82) is 0 Å². The Kier molecular flexibility index (Phi) is 4.73. The first-order valence-corrected chi connectivity index (χ1v) is 7.50. The lowest BCUT2D eigenvalue weighted by Gasteiger charge is -2.10. The van der Waals surface area contributed by atoms with Crippen LogP contribution in [0.25, 0.3) is 0 Å². The van der Waals surface area contributed by atoms with Crippen LogP contribution in [0.3, 0.4) is 0 Å². The molecule has 0 saturated heterocycles. The molecule has 0 bridgehead atoms. The minimum Gasteiger partial charge on any atom is -0.382 e. The molecule has 1 amide bonds. The summed E-state index contributed by atoms with van der Waals surface area (Å²) in [5, 5.41) is 11.3. The Balaban J connectivity index is 2.05. The van der Waals surface area contributed by atoms with Crippen LogP contribution in [0, 0.1) is 0 Å². The molecule has 0 aliphatic carbocycles. The van der Waals surface area contributed by atoms with Crippen molar-refractivity contribution in [1.82, 2.24) is 25.1 Å². The molecule has 0 aliphatic heterocycles. The van der Waals surface area contributed by atoms with Crippen molar-refractivity contribution in [3.63, 3.8) is 0 Å². The second kappa shape index (κ2) is 6.53. The highest BCUT2D eigenvalue weighted by Gasteiger charge is 2.18. The third-order valence-corrected chi connectivity index (χ3v) is 4.28. The zero-order chi connectivity index (χ0) is 15.4. The van der Waals surface area contributed by atoms with E-state index >= 15 is 0 Å². The molecule has 0 unspecified atom stereocenters. The third kappa shape index (κ3) is 3.30. The van der Waals surface area contributed by atoms with E-state index in [0.717, 1.165) is 18.2 Å². The molecule has 2 aromatic rings. The summed E-state index contributed by atoms with van der Waals surface area (Å²) in [6, 6.07) is 0. The van der Waals surface area contributed by atoms with Crippen LogP contribution in [0.5, 0.6) is 0 Å². The maximum absolute atomic E-state index is 12.2. The average Bonchev–Trinajstić information content (AvgIpc) is 3.09. The standard InChI is InChI=1S/C12H19N7OS/c1-4-18(3)12-16-10(13)9(21-12)11(20)14-6-8-17-15-7-19(8)5-2/h7H,4-6,13H2,1-3H3,(H,14,20). The van der Waals surface area contributed by atoms with Gasteiger partial charge in [-0.3, -0.25) is 4.79 Å². The van der Waals surface area contributed by atoms with Crippen LogP contribution in [-0.4, -0.2) is 39.2 Å². The first-order chi connectivity index (χ1) is 10.1. The fraction of sp³-hybridized carbons (Fsp3) is 0.500. The number of hydrogen-bond donors (Lipinski definition) is 2. The van der Waals surface area contributed by atoms with Gasteiger partial charge in [-0.25, -0.2) is 4.98 Å². The molecule has 0 radical (unpaired) electrons. The lowest BCUT2D eigenvalue weighted by molar-refractivity contribution is 0.0954. The van der Waals surface area contributed by atoms with E-state index in [-0.39, 0.29) is 11.7 Å². The molecule has 114 valence electrons. The largest absolute Gasteiger partial charge is 0.382 e. The predicted octanol–water partition coefficient (Wildman–Crippen LogP) is 0.723. The number of nitrogens with one attached hydrogen (secondary N) is 1. The number of aromatic nitrogens is 4. The van der Waals surface area contributed by atoms with Gasteiger partial charge in [0.05, 0.1) is 6.54 Å². The van der Waals surface area contributed by atoms with Crippen molar-refractivity contribution in [2.24, 2.45) is 0 Å². The van der Waals surface area contributed by atoms with E-state index in [1.165, 1.54) is 11.3 Å². The molecule has 3 N–H and O–H groups in total. The highest BCUT2D eigenvalue weighted by atomic mass is 32.1. The molecule has 21 heavy (non-hydrogen) atoms.